The molecule has 4 heteroatoms. The summed E-state index contributed by atoms with van der Waals surface area (Å²) in [5.41, 5.74) is 1.36. The first-order chi connectivity index (χ1) is 9.78. The summed E-state index contributed by atoms with van der Waals surface area (Å²) in [6, 6.07) is 11.0. The van der Waals surface area contributed by atoms with Crippen molar-refractivity contribution in [2.45, 2.75) is 32.4 Å². The van der Waals surface area contributed by atoms with Crippen LogP contribution in [0.2, 0.25) is 0 Å². The molecule has 1 aromatic rings. The summed E-state index contributed by atoms with van der Waals surface area (Å²) in [6.07, 6.45) is 1.61. The summed E-state index contributed by atoms with van der Waals surface area (Å²) in [5, 5.41) is 3.44. The summed E-state index contributed by atoms with van der Waals surface area (Å²) in [4.78, 5) is 13.7. The number of carbonyl (C=O) groups is 1. The van der Waals surface area contributed by atoms with Gasteiger partial charge in [0.25, 0.3) is 0 Å². The van der Waals surface area contributed by atoms with Crippen LogP contribution in [0.4, 0.5) is 0 Å². The Kier molecular flexibility index (Phi) is 6.02. The van der Waals surface area contributed by atoms with Crippen molar-refractivity contribution >= 4 is 5.97 Å². The molecule has 1 N–H and O–H groups in total. The monoisotopic (exact) mass is 276 g/mol. The molecule has 1 fully saturated rings. The molecular weight excluding hydrogens is 252 g/mol. The lowest BCUT2D eigenvalue weighted by Crippen LogP contribution is -2.34. The second kappa shape index (κ2) is 8.02. The molecule has 1 aromatic carbocycles. The topological polar surface area (TPSA) is 41.6 Å². The number of likely N-dealkylation sites (tertiary alicyclic amines) is 1. The van der Waals surface area contributed by atoms with Gasteiger partial charge in [-0.15, -0.1) is 0 Å². The van der Waals surface area contributed by atoms with Gasteiger partial charge in [0.1, 0.15) is 0 Å². The number of nitrogens with zero attached hydrogens (tertiary/aromatic N) is 1. The fourth-order valence-electron chi connectivity index (χ4n) is 2.60. The van der Waals surface area contributed by atoms with Crippen molar-refractivity contribution in [1.82, 2.24) is 10.2 Å². The van der Waals surface area contributed by atoms with E-state index < -0.39 is 0 Å². The second-order valence-corrected chi connectivity index (χ2v) is 5.22. The standard InChI is InChI=1S/C16H24N2O2/c1-2-20-16(19)8-10-17-15-9-11-18(13-15)12-14-6-4-3-5-7-14/h3-7,15,17H,2,8-13H2,1H3. The highest BCUT2D eigenvalue weighted by Gasteiger charge is 2.21. The van der Waals surface area contributed by atoms with E-state index in [-0.39, 0.29) is 5.97 Å². The van der Waals surface area contributed by atoms with E-state index in [0.717, 1.165) is 26.1 Å². The predicted molar refractivity (Wildman–Crippen MR) is 79.4 cm³/mol. The van der Waals surface area contributed by atoms with Gasteiger partial charge in [0.05, 0.1) is 13.0 Å². The Labute approximate surface area is 121 Å². The smallest absolute Gasteiger partial charge is 0.307 e. The third kappa shape index (κ3) is 4.94. The highest BCUT2D eigenvalue weighted by molar-refractivity contribution is 5.69. The van der Waals surface area contributed by atoms with E-state index >= 15 is 0 Å². The Morgan fingerprint density at radius 2 is 2.20 bits per heavy atom. The van der Waals surface area contributed by atoms with Gasteiger partial charge in [-0.05, 0) is 18.9 Å². The quantitative estimate of drug-likeness (QED) is 0.771. The summed E-state index contributed by atoms with van der Waals surface area (Å²) in [7, 11) is 0. The van der Waals surface area contributed by atoms with Crippen molar-refractivity contribution < 1.29 is 9.53 Å². The average Bonchev–Trinajstić information content (AvgIpc) is 2.88. The molecule has 4 nitrogen and oxygen atoms in total. The first-order valence-corrected chi connectivity index (χ1v) is 7.43. The zero-order valence-corrected chi connectivity index (χ0v) is 12.2. The van der Waals surface area contributed by atoms with E-state index in [1.54, 1.807) is 0 Å². The number of nitrogens with one attached hydrogen (secondary N) is 1. The Hall–Kier alpha value is -1.39. The molecule has 0 amide bonds. The lowest BCUT2D eigenvalue weighted by Gasteiger charge is -2.16. The van der Waals surface area contributed by atoms with E-state index in [4.69, 9.17) is 4.74 Å². The molecular formula is C16H24N2O2. The molecule has 0 bridgehead atoms. The number of hydrogen-bond donors (Lipinski definition) is 1. The number of hydrogen-bond acceptors (Lipinski definition) is 4. The maximum Gasteiger partial charge on any atom is 0.307 e. The van der Waals surface area contributed by atoms with Gasteiger partial charge in [-0.3, -0.25) is 9.69 Å². The molecule has 1 atom stereocenters. The van der Waals surface area contributed by atoms with Gasteiger partial charge in [0.15, 0.2) is 0 Å². The molecule has 1 unspecified atom stereocenters. The number of carbonyl (C=O) groups excluding carboxylic acids is 1. The molecule has 1 aliphatic heterocycles. The van der Waals surface area contributed by atoms with Crippen LogP contribution < -0.4 is 5.32 Å². The largest absolute Gasteiger partial charge is 0.466 e. The summed E-state index contributed by atoms with van der Waals surface area (Å²) in [5.74, 6) is -0.112. The second-order valence-electron chi connectivity index (χ2n) is 5.22. The molecule has 1 aliphatic rings. The van der Waals surface area contributed by atoms with Crippen LogP contribution >= 0.6 is 0 Å². The van der Waals surface area contributed by atoms with Crippen LogP contribution in [-0.2, 0) is 16.1 Å². The zero-order valence-electron chi connectivity index (χ0n) is 12.2. The SMILES string of the molecule is CCOC(=O)CCNC1CCN(Cc2ccccc2)C1. The van der Waals surface area contributed by atoms with Crippen LogP contribution in [0.1, 0.15) is 25.3 Å². The van der Waals surface area contributed by atoms with Crippen molar-refractivity contribution in [3.05, 3.63) is 35.9 Å². The van der Waals surface area contributed by atoms with Gasteiger partial charge in [0, 0.05) is 32.2 Å². The van der Waals surface area contributed by atoms with Gasteiger partial charge in [-0.2, -0.15) is 0 Å². The number of benzene rings is 1. The lowest BCUT2D eigenvalue weighted by molar-refractivity contribution is -0.142. The van der Waals surface area contributed by atoms with Gasteiger partial charge >= 0.3 is 5.97 Å². The van der Waals surface area contributed by atoms with Gasteiger partial charge in [0.2, 0.25) is 0 Å². The number of esters is 1. The first-order valence-electron chi connectivity index (χ1n) is 7.43. The highest BCUT2D eigenvalue weighted by atomic mass is 16.5. The van der Waals surface area contributed by atoms with Crippen LogP contribution in [-0.4, -0.2) is 43.2 Å². The Balaban J connectivity index is 1.64. The van der Waals surface area contributed by atoms with Gasteiger partial charge < -0.3 is 10.1 Å². The maximum atomic E-state index is 11.2. The average molecular weight is 276 g/mol. The number of ether oxygens (including phenoxy) is 1. The van der Waals surface area contributed by atoms with E-state index in [9.17, 15) is 4.79 Å². The molecule has 2 rings (SSSR count). The molecule has 0 aliphatic carbocycles. The van der Waals surface area contributed by atoms with Crippen LogP contribution in [0, 0.1) is 0 Å². The first kappa shape index (κ1) is 15.0. The van der Waals surface area contributed by atoms with Crippen molar-refractivity contribution in [2.24, 2.45) is 0 Å². The fraction of sp³-hybridized carbons (Fsp3) is 0.562. The van der Waals surface area contributed by atoms with Crippen LogP contribution in [0.5, 0.6) is 0 Å². The molecule has 1 heterocycles. The van der Waals surface area contributed by atoms with Gasteiger partial charge in [-0.1, -0.05) is 30.3 Å². The minimum absolute atomic E-state index is 0.112. The molecule has 1 saturated heterocycles. The van der Waals surface area contributed by atoms with E-state index in [1.807, 2.05) is 13.0 Å². The molecule has 0 aromatic heterocycles. The lowest BCUT2D eigenvalue weighted by atomic mass is 10.2. The fourth-order valence-corrected chi connectivity index (χ4v) is 2.60. The third-order valence-corrected chi connectivity index (χ3v) is 3.59. The zero-order chi connectivity index (χ0) is 14.2. The van der Waals surface area contributed by atoms with Crippen molar-refractivity contribution in [3.63, 3.8) is 0 Å². The minimum Gasteiger partial charge on any atom is -0.466 e. The van der Waals surface area contributed by atoms with Crippen molar-refractivity contribution in [1.29, 1.82) is 0 Å². The third-order valence-electron chi connectivity index (χ3n) is 3.59. The van der Waals surface area contributed by atoms with E-state index in [0.29, 0.717) is 25.6 Å². The minimum atomic E-state index is -0.112. The molecule has 0 saturated carbocycles. The highest BCUT2D eigenvalue weighted by Crippen LogP contribution is 2.13. The van der Waals surface area contributed by atoms with Crippen molar-refractivity contribution in [2.75, 3.05) is 26.2 Å². The Bertz CT molecular complexity index is 408. The maximum absolute atomic E-state index is 11.2. The van der Waals surface area contributed by atoms with E-state index in [2.05, 4.69) is 34.5 Å². The van der Waals surface area contributed by atoms with Crippen LogP contribution in [0.3, 0.4) is 0 Å². The molecule has 20 heavy (non-hydrogen) atoms. The Morgan fingerprint density at radius 1 is 1.40 bits per heavy atom. The Morgan fingerprint density at radius 3 is 2.95 bits per heavy atom. The van der Waals surface area contributed by atoms with Crippen molar-refractivity contribution in [3.8, 4) is 0 Å². The molecule has 0 spiro atoms. The van der Waals surface area contributed by atoms with Crippen LogP contribution in [0.25, 0.3) is 0 Å². The molecule has 0 radical (unpaired) electrons. The van der Waals surface area contributed by atoms with Gasteiger partial charge in [-0.25, -0.2) is 0 Å². The van der Waals surface area contributed by atoms with E-state index in [1.165, 1.54) is 5.56 Å². The predicted octanol–water partition coefficient (Wildman–Crippen LogP) is 1.80. The summed E-state index contributed by atoms with van der Waals surface area (Å²) in [6.45, 7) is 6.19. The van der Waals surface area contributed by atoms with Crippen LogP contribution in [0.15, 0.2) is 30.3 Å². The summed E-state index contributed by atoms with van der Waals surface area (Å²) < 4.78 is 4.92. The normalized spacial score (nSPS) is 19.1. The summed E-state index contributed by atoms with van der Waals surface area (Å²) >= 11 is 0. The molecule has 110 valence electrons. The number of rotatable bonds is 7.